The second-order valence-corrected chi connectivity index (χ2v) is 5.05. The van der Waals surface area contributed by atoms with Crippen LogP contribution >= 0.6 is 0 Å². The van der Waals surface area contributed by atoms with Crippen molar-refractivity contribution in [1.29, 1.82) is 0 Å². The van der Waals surface area contributed by atoms with Gasteiger partial charge in [-0.25, -0.2) is 4.39 Å². The van der Waals surface area contributed by atoms with Gasteiger partial charge in [0, 0.05) is 36.0 Å². The quantitative estimate of drug-likeness (QED) is 0.613. The molecule has 16 heavy (non-hydrogen) atoms. The summed E-state index contributed by atoms with van der Waals surface area (Å²) >= 11 is 0. The highest BCUT2D eigenvalue weighted by atomic mass is 32.2. The van der Waals surface area contributed by atoms with Crippen LogP contribution in [0, 0.1) is 5.82 Å². The van der Waals surface area contributed by atoms with Crippen LogP contribution < -0.4 is 5.73 Å². The van der Waals surface area contributed by atoms with E-state index in [9.17, 15) is 8.60 Å². The number of rotatable bonds is 6. The van der Waals surface area contributed by atoms with Gasteiger partial charge in [-0.2, -0.15) is 0 Å². The van der Waals surface area contributed by atoms with Gasteiger partial charge in [0.15, 0.2) is 0 Å². The number of nitrogen functional groups attached to an aromatic ring is 1. The van der Waals surface area contributed by atoms with Crippen molar-refractivity contribution in [3.8, 4) is 0 Å². The van der Waals surface area contributed by atoms with Gasteiger partial charge in [0.05, 0.1) is 5.75 Å². The van der Waals surface area contributed by atoms with Crippen molar-refractivity contribution in [2.75, 3.05) is 25.2 Å². The van der Waals surface area contributed by atoms with Gasteiger partial charge in [-0.05, 0) is 30.2 Å². The average molecular weight is 245 g/mol. The first-order chi connectivity index (χ1) is 7.63. The third kappa shape index (κ3) is 4.28. The summed E-state index contributed by atoms with van der Waals surface area (Å²) in [4.78, 5) is 0. The molecule has 0 heterocycles. The zero-order valence-corrected chi connectivity index (χ0v) is 10.1. The Kier molecular flexibility index (Phi) is 5.42. The number of anilines is 1. The van der Waals surface area contributed by atoms with Crippen molar-refractivity contribution < 1.29 is 13.3 Å². The fourth-order valence-electron chi connectivity index (χ4n) is 1.31. The Morgan fingerprint density at radius 3 is 2.94 bits per heavy atom. The van der Waals surface area contributed by atoms with Gasteiger partial charge in [0.1, 0.15) is 5.82 Å². The summed E-state index contributed by atoms with van der Waals surface area (Å²) in [6.07, 6.45) is 0.734. The molecular formula is C11H16FNO2S. The van der Waals surface area contributed by atoms with Crippen LogP contribution in [0.15, 0.2) is 18.2 Å². The molecule has 0 aliphatic heterocycles. The van der Waals surface area contributed by atoms with Crippen molar-refractivity contribution in [2.45, 2.75) is 12.2 Å². The molecule has 1 rings (SSSR count). The van der Waals surface area contributed by atoms with Gasteiger partial charge in [0.25, 0.3) is 0 Å². The van der Waals surface area contributed by atoms with Gasteiger partial charge in [0.2, 0.25) is 0 Å². The van der Waals surface area contributed by atoms with Gasteiger partial charge in [-0.3, -0.25) is 4.21 Å². The van der Waals surface area contributed by atoms with E-state index in [4.69, 9.17) is 10.5 Å². The standard InChI is InChI=1S/C11H16FNO2S/c1-15-5-2-6-16(14)8-9-7-10(12)3-4-11(9)13/h3-4,7H,2,5-6,8,13H2,1H3. The largest absolute Gasteiger partial charge is 0.398 e. The van der Waals surface area contributed by atoms with Crippen LogP contribution in [0.25, 0.3) is 0 Å². The molecule has 1 atom stereocenters. The maximum Gasteiger partial charge on any atom is 0.123 e. The van der Waals surface area contributed by atoms with Crippen LogP contribution in [0.5, 0.6) is 0 Å². The Morgan fingerprint density at radius 1 is 1.50 bits per heavy atom. The molecule has 0 spiro atoms. The van der Waals surface area contributed by atoms with Crippen LogP contribution in [0.3, 0.4) is 0 Å². The molecule has 90 valence electrons. The van der Waals surface area contributed by atoms with Crippen molar-refractivity contribution in [3.05, 3.63) is 29.6 Å². The van der Waals surface area contributed by atoms with Gasteiger partial charge < -0.3 is 10.5 Å². The summed E-state index contributed by atoms with van der Waals surface area (Å²) in [6, 6.07) is 4.13. The van der Waals surface area contributed by atoms with Crippen molar-refractivity contribution in [1.82, 2.24) is 0 Å². The Hall–Kier alpha value is -0.940. The third-order valence-corrected chi connectivity index (χ3v) is 3.52. The molecule has 0 aliphatic carbocycles. The van der Waals surface area contributed by atoms with Crippen molar-refractivity contribution >= 4 is 16.5 Å². The molecule has 0 bridgehead atoms. The van der Waals surface area contributed by atoms with Crippen LogP contribution in [0.2, 0.25) is 0 Å². The molecule has 3 nitrogen and oxygen atoms in total. The Morgan fingerprint density at radius 2 is 2.25 bits per heavy atom. The number of benzene rings is 1. The Balaban J connectivity index is 2.52. The van der Waals surface area contributed by atoms with Gasteiger partial charge in [-0.1, -0.05) is 0 Å². The molecule has 0 saturated carbocycles. The molecule has 0 amide bonds. The molecule has 1 aromatic carbocycles. The first kappa shape index (κ1) is 13.1. The van der Waals surface area contributed by atoms with Crippen LogP contribution in [-0.4, -0.2) is 23.7 Å². The number of hydrogen-bond acceptors (Lipinski definition) is 3. The lowest BCUT2D eigenvalue weighted by Gasteiger charge is -2.05. The van der Waals surface area contributed by atoms with Crippen molar-refractivity contribution in [3.63, 3.8) is 0 Å². The summed E-state index contributed by atoms with van der Waals surface area (Å²) in [7, 11) is 0.587. The molecule has 2 N–H and O–H groups in total. The minimum Gasteiger partial charge on any atom is -0.398 e. The zero-order valence-electron chi connectivity index (χ0n) is 9.24. The third-order valence-electron chi connectivity index (χ3n) is 2.14. The molecule has 5 heteroatoms. The highest BCUT2D eigenvalue weighted by Crippen LogP contribution is 2.15. The fraction of sp³-hybridized carbons (Fsp3) is 0.455. The molecule has 0 saturated heterocycles. The summed E-state index contributed by atoms with van der Waals surface area (Å²) < 4.78 is 29.4. The van der Waals surface area contributed by atoms with E-state index >= 15 is 0 Å². The molecule has 1 unspecified atom stereocenters. The molecular weight excluding hydrogens is 229 g/mol. The first-order valence-corrected chi connectivity index (χ1v) is 6.50. The van der Waals surface area contributed by atoms with E-state index in [0.717, 1.165) is 6.42 Å². The summed E-state index contributed by atoms with van der Waals surface area (Å²) in [5.41, 5.74) is 6.76. The lowest BCUT2D eigenvalue weighted by molar-refractivity contribution is 0.200. The molecule has 0 aliphatic rings. The minimum absolute atomic E-state index is 0.299. The normalized spacial score (nSPS) is 12.6. The topological polar surface area (TPSA) is 52.3 Å². The number of methoxy groups -OCH3 is 1. The van der Waals surface area contributed by atoms with Crippen LogP contribution in [0.4, 0.5) is 10.1 Å². The van der Waals surface area contributed by atoms with E-state index in [-0.39, 0.29) is 5.82 Å². The molecule has 0 aromatic heterocycles. The molecule has 0 radical (unpaired) electrons. The smallest absolute Gasteiger partial charge is 0.123 e. The Labute approximate surface area is 97.2 Å². The van der Waals surface area contributed by atoms with E-state index in [1.165, 1.54) is 18.2 Å². The predicted molar refractivity (Wildman–Crippen MR) is 64.0 cm³/mol. The van der Waals surface area contributed by atoms with E-state index in [2.05, 4.69) is 0 Å². The van der Waals surface area contributed by atoms with E-state index in [1.54, 1.807) is 7.11 Å². The maximum atomic E-state index is 12.9. The van der Waals surface area contributed by atoms with Crippen LogP contribution in [-0.2, 0) is 21.3 Å². The number of nitrogens with two attached hydrogens (primary N) is 1. The molecule has 0 fully saturated rings. The van der Waals surface area contributed by atoms with E-state index < -0.39 is 10.8 Å². The Bertz CT molecular complexity index is 371. The monoisotopic (exact) mass is 245 g/mol. The second kappa shape index (κ2) is 6.60. The number of halogens is 1. The SMILES string of the molecule is COCCCS(=O)Cc1cc(F)ccc1N. The average Bonchev–Trinajstić information content (AvgIpc) is 2.24. The van der Waals surface area contributed by atoms with Gasteiger partial charge in [-0.15, -0.1) is 0 Å². The van der Waals surface area contributed by atoms with Crippen molar-refractivity contribution in [2.24, 2.45) is 0 Å². The van der Waals surface area contributed by atoms with E-state index in [0.29, 0.717) is 29.4 Å². The first-order valence-electron chi connectivity index (χ1n) is 5.01. The highest BCUT2D eigenvalue weighted by Gasteiger charge is 2.06. The second-order valence-electron chi connectivity index (χ2n) is 3.48. The summed E-state index contributed by atoms with van der Waals surface area (Å²) in [5, 5.41) is 0. The predicted octanol–water partition coefficient (Wildman–Crippen LogP) is 1.69. The minimum atomic E-state index is -1.02. The number of hydrogen-bond donors (Lipinski definition) is 1. The number of ether oxygens (including phenoxy) is 1. The maximum absolute atomic E-state index is 12.9. The summed E-state index contributed by atoms with van der Waals surface area (Å²) in [5.74, 6) is 0.495. The fourth-order valence-corrected chi connectivity index (χ4v) is 2.49. The van der Waals surface area contributed by atoms with Gasteiger partial charge >= 0.3 is 0 Å². The lowest BCUT2D eigenvalue weighted by Crippen LogP contribution is -2.06. The highest BCUT2D eigenvalue weighted by molar-refractivity contribution is 7.84. The zero-order chi connectivity index (χ0) is 12.0. The molecule has 1 aromatic rings. The van der Waals surface area contributed by atoms with E-state index in [1.807, 2.05) is 0 Å². The lowest BCUT2D eigenvalue weighted by atomic mass is 10.2. The van der Waals surface area contributed by atoms with Crippen LogP contribution in [0.1, 0.15) is 12.0 Å². The summed E-state index contributed by atoms with van der Waals surface area (Å²) in [6.45, 7) is 0.588.